The maximum Gasteiger partial charge on any atom is 0.166 e. The minimum Gasteiger partial charge on any atom is -0.493 e. The van der Waals surface area contributed by atoms with Crippen LogP contribution in [0.2, 0.25) is 0 Å². The Labute approximate surface area is 176 Å². The van der Waals surface area contributed by atoms with Crippen LogP contribution in [-0.2, 0) is 9.59 Å². The molecule has 0 aliphatic heterocycles. The van der Waals surface area contributed by atoms with Crippen LogP contribution in [0.3, 0.4) is 0 Å². The summed E-state index contributed by atoms with van der Waals surface area (Å²) in [5.41, 5.74) is 1.53. The SMILES string of the molecule is COc1ccc(C=CC(=O)C(C)C(=O)C=Cc2ccc(OC)c(OC)c2)cc1OC. The van der Waals surface area contributed by atoms with E-state index in [-0.39, 0.29) is 11.6 Å². The predicted octanol–water partition coefficient (Wildman–Crippen LogP) is 4.22. The Morgan fingerprint density at radius 3 is 1.37 bits per heavy atom. The molecule has 0 amide bonds. The van der Waals surface area contributed by atoms with Gasteiger partial charge in [-0.05, 0) is 54.5 Å². The second-order valence-electron chi connectivity index (χ2n) is 6.42. The lowest BCUT2D eigenvalue weighted by atomic mass is 9.99. The van der Waals surface area contributed by atoms with Crippen molar-refractivity contribution in [1.29, 1.82) is 0 Å². The first kappa shape index (κ1) is 22.7. The summed E-state index contributed by atoms with van der Waals surface area (Å²) in [5, 5.41) is 0. The van der Waals surface area contributed by atoms with Crippen LogP contribution in [-0.4, -0.2) is 40.0 Å². The molecule has 0 atom stereocenters. The molecule has 0 radical (unpaired) electrons. The zero-order valence-electron chi connectivity index (χ0n) is 17.8. The fraction of sp³-hybridized carbons (Fsp3) is 0.250. The van der Waals surface area contributed by atoms with Crippen molar-refractivity contribution in [2.45, 2.75) is 6.92 Å². The third-order valence-corrected chi connectivity index (χ3v) is 4.55. The van der Waals surface area contributed by atoms with Crippen molar-refractivity contribution in [1.82, 2.24) is 0 Å². The fourth-order valence-electron chi connectivity index (χ4n) is 2.70. The van der Waals surface area contributed by atoms with E-state index in [1.54, 1.807) is 83.9 Å². The number of carbonyl (C=O) groups excluding carboxylic acids is 2. The molecule has 2 rings (SSSR count). The molecule has 0 bridgehead atoms. The van der Waals surface area contributed by atoms with Crippen molar-refractivity contribution in [2.24, 2.45) is 5.92 Å². The standard InChI is InChI=1S/C24H26O6/c1-16(19(25)10-6-17-8-12-21(27-2)23(14-17)29-4)20(26)11-7-18-9-13-22(28-3)24(15-18)30-5/h6-16H,1-5H3. The molecule has 0 aliphatic carbocycles. The first-order chi connectivity index (χ1) is 14.4. The monoisotopic (exact) mass is 410 g/mol. The van der Waals surface area contributed by atoms with E-state index in [2.05, 4.69) is 0 Å². The lowest BCUT2D eigenvalue weighted by Crippen LogP contribution is -2.17. The molecule has 0 heterocycles. The number of ether oxygens (including phenoxy) is 4. The van der Waals surface area contributed by atoms with Gasteiger partial charge in [-0.25, -0.2) is 0 Å². The molecule has 0 saturated heterocycles. The van der Waals surface area contributed by atoms with Crippen molar-refractivity contribution in [3.05, 3.63) is 59.7 Å². The third-order valence-electron chi connectivity index (χ3n) is 4.55. The van der Waals surface area contributed by atoms with Crippen LogP contribution in [0.15, 0.2) is 48.6 Å². The lowest BCUT2D eigenvalue weighted by Gasteiger charge is -2.08. The molecule has 0 unspecified atom stereocenters. The zero-order chi connectivity index (χ0) is 22.1. The highest BCUT2D eigenvalue weighted by Crippen LogP contribution is 2.29. The van der Waals surface area contributed by atoms with Crippen molar-refractivity contribution >= 4 is 23.7 Å². The number of allylic oxidation sites excluding steroid dienone is 2. The van der Waals surface area contributed by atoms with Crippen molar-refractivity contribution in [3.63, 3.8) is 0 Å². The van der Waals surface area contributed by atoms with Crippen molar-refractivity contribution in [2.75, 3.05) is 28.4 Å². The number of carbonyl (C=O) groups is 2. The van der Waals surface area contributed by atoms with Gasteiger partial charge < -0.3 is 18.9 Å². The lowest BCUT2D eigenvalue weighted by molar-refractivity contribution is -0.126. The van der Waals surface area contributed by atoms with E-state index in [0.717, 1.165) is 11.1 Å². The fourth-order valence-corrected chi connectivity index (χ4v) is 2.70. The first-order valence-corrected chi connectivity index (χ1v) is 9.31. The third kappa shape index (κ3) is 5.73. The minimum absolute atomic E-state index is 0.285. The van der Waals surface area contributed by atoms with Gasteiger partial charge in [0.25, 0.3) is 0 Å². The molecule has 0 saturated carbocycles. The van der Waals surface area contributed by atoms with Gasteiger partial charge in [0.2, 0.25) is 0 Å². The van der Waals surface area contributed by atoms with Gasteiger partial charge in [-0.2, -0.15) is 0 Å². The van der Waals surface area contributed by atoms with Gasteiger partial charge in [0.15, 0.2) is 34.6 Å². The predicted molar refractivity (Wildman–Crippen MR) is 116 cm³/mol. The van der Waals surface area contributed by atoms with Crippen molar-refractivity contribution in [3.8, 4) is 23.0 Å². The van der Waals surface area contributed by atoms with Crippen LogP contribution in [0.4, 0.5) is 0 Å². The Hall–Kier alpha value is -3.54. The average molecular weight is 410 g/mol. The van der Waals surface area contributed by atoms with E-state index in [1.807, 2.05) is 0 Å². The van der Waals surface area contributed by atoms with E-state index in [4.69, 9.17) is 18.9 Å². The number of rotatable bonds is 10. The maximum atomic E-state index is 12.4. The van der Waals surface area contributed by atoms with Gasteiger partial charge in [0.05, 0.1) is 34.4 Å². The summed E-state index contributed by atoms with van der Waals surface area (Å²) in [6, 6.07) is 10.6. The summed E-state index contributed by atoms with van der Waals surface area (Å²) in [4.78, 5) is 24.8. The molecule has 0 aromatic heterocycles. The first-order valence-electron chi connectivity index (χ1n) is 9.31. The molecular formula is C24H26O6. The van der Waals surface area contributed by atoms with E-state index in [9.17, 15) is 9.59 Å². The number of hydrogen-bond acceptors (Lipinski definition) is 6. The Bertz CT molecular complexity index is 881. The summed E-state index contributed by atoms with van der Waals surface area (Å²) in [5.74, 6) is 0.967. The van der Waals surface area contributed by atoms with E-state index in [0.29, 0.717) is 23.0 Å². The highest BCUT2D eigenvalue weighted by molar-refractivity contribution is 6.13. The van der Waals surface area contributed by atoms with Crippen molar-refractivity contribution < 1.29 is 28.5 Å². The van der Waals surface area contributed by atoms with E-state index in [1.165, 1.54) is 12.2 Å². The smallest absolute Gasteiger partial charge is 0.166 e. The summed E-state index contributed by atoms with van der Waals surface area (Å²) in [7, 11) is 6.20. The summed E-state index contributed by atoms with van der Waals surface area (Å²) in [6.45, 7) is 1.59. The summed E-state index contributed by atoms with van der Waals surface area (Å²) < 4.78 is 20.9. The van der Waals surface area contributed by atoms with Crippen LogP contribution in [0, 0.1) is 5.92 Å². The van der Waals surface area contributed by atoms with Crippen LogP contribution in [0.25, 0.3) is 12.2 Å². The normalized spacial score (nSPS) is 12.0. The molecule has 30 heavy (non-hydrogen) atoms. The highest BCUT2D eigenvalue weighted by atomic mass is 16.5. The molecule has 158 valence electrons. The number of ketones is 2. The van der Waals surface area contributed by atoms with Crippen LogP contribution < -0.4 is 18.9 Å². The molecule has 0 spiro atoms. The van der Waals surface area contributed by atoms with E-state index >= 15 is 0 Å². The summed E-state index contributed by atoms with van der Waals surface area (Å²) >= 11 is 0. The number of benzene rings is 2. The van der Waals surface area contributed by atoms with Gasteiger partial charge in [-0.1, -0.05) is 24.3 Å². The summed E-state index contributed by atoms with van der Waals surface area (Å²) in [6.07, 6.45) is 6.08. The van der Waals surface area contributed by atoms with Gasteiger partial charge in [0.1, 0.15) is 0 Å². The Morgan fingerprint density at radius 1 is 0.667 bits per heavy atom. The zero-order valence-corrected chi connectivity index (χ0v) is 17.8. The molecular weight excluding hydrogens is 384 g/mol. The molecule has 0 aliphatic rings. The Balaban J connectivity index is 2.06. The molecule has 0 fully saturated rings. The van der Waals surface area contributed by atoms with Gasteiger partial charge >= 0.3 is 0 Å². The molecule has 0 N–H and O–H groups in total. The van der Waals surface area contributed by atoms with Gasteiger partial charge in [-0.15, -0.1) is 0 Å². The van der Waals surface area contributed by atoms with Crippen LogP contribution in [0.5, 0.6) is 23.0 Å². The number of hydrogen-bond donors (Lipinski definition) is 0. The maximum absolute atomic E-state index is 12.4. The van der Waals surface area contributed by atoms with Gasteiger partial charge in [-0.3, -0.25) is 9.59 Å². The van der Waals surface area contributed by atoms with Crippen LogP contribution in [0.1, 0.15) is 18.1 Å². The molecule has 6 heteroatoms. The largest absolute Gasteiger partial charge is 0.493 e. The highest BCUT2D eigenvalue weighted by Gasteiger charge is 2.17. The number of methoxy groups -OCH3 is 4. The second-order valence-corrected chi connectivity index (χ2v) is 6.42. The Kier molecular flexibility index (Phi) is 8.23. The minimum atomic E-state index is -0.794. The molecule has 2 aromatic rings. The quantitative estimate of drug-likeness (QED) is 0.431. The average Bonchev–Trinajstić information content (AvgIpc) is 2.79. The Morgan fingerprint density at radius 2 is 1.03 bits per heavy atom. The molecule has 6 nitrogen and oxygen atoms in total. The van der Waals surface area contributed by atoms with Crippen LogP contribution >= 0.6 is 0 Å². The topological polar surface area (TPSA) is 71.1 Å². The van der Waals surface area contributed by atoms with E-state index < -0.39 is 5.92 Å². The molecule has 2 aromatic carbocycles. The van der Waals surface area contributed by atoms with Gasteiger partial charge in [0, 0.05) is 0 Å². The second kappa shape index (κ2) is 10.9.